The minimum atomic E-state index is -0.358. The standard InChI is InChI=1S/C21H18ClNO3/c22-16-9-11-17(12-10-16)23-20(14-25-21(23)24)15-5-4-8-19(13-15)26-18-6-2-1-3-7-18/h1-2,4-6,8-13,20H,3,7,14H2/t20-/m1/s1. The molecule has 1 saturated heterocycles. The van der Waals surface area contributed by atoms with Crippen molar-refractivity contribution >= 4 is 23.4 Å². The largest absolute Gasteiger partial charge is 0.462 e. The van der Waals surface area contributed by atoms with Crippen LogP contribution in [0, 0.1) is 0 Å². The first-order chi connectivity index (χ1) is 12.7. The molecule has 1 aliphatic carbocycles. The Labute approximate surface area is 157 Å². The van der Waals surface area contributed by atoms with Crippen LogP contribution in [0.4, 0.5) is 10.5 Å². The number of amides is 1. The van der Waals surface area contributed by atoms with Gasteiger partial charge < -0.3 is 9.47 Å². The average molecular weight is 368 g/mol. The number of cyclic esters (lactones) is 1. The van der Waals surface area contributed by atoms with Crippen LogP contribution in [-0.4, -0.2) is 12.7 Å². The molecule has 0 radical (unpaired) electrons. The zero-order valence-corrected chi connectivity index (χ0v) is 14.9. The number of hydrogen-bond donors (Lipinski definition) is 0. The van der Waals surface area contributed by atoms with Gasteiger partial charge in [0.25, 0.3) is 0 Å². The van der Waals surface area contributed by atoms with Gasteiger partial charge in [-0.3, -0.25) is 4.90 Å². The van der Waals surface area contributed by atoms with Crippen molar-refractivity contribution in [1.29, 1.82) is 0 Å². The SMILES string of the molecule is O=C1OC[C@H](c2cccc(OC3=CC=CCC3)c2)N1c1ccc(Cl)cc1. The molecule has 2 aliphatic rings. The zero-order valence-electron chi connectivity index (χ0n) is 14.1. The predicted octanol–water partition coefficient (Wildman–Crippen LogP) is 5.65. The summed E-state index contributed by atoms with van der Waals surface area (Å²) in [7, 11) is 0. The molecule has 4 rings (SSSR count). The highest BCUT2D eigenvalue weighted by Gasteiger charge is 2.35. The highest BCUT2D eigenvalue weighted by molar-refractivity contribution is 6.30. The molecule has 1 aliphatic heterocycles. The van der Waals surface area contributed by atoms with Gasteiger partial charge in [0.2, 0.25) is 0 Å². The minimum Gasteiger partial charge on any atom is -0.462 e. The summed E-state index contributed by atoms with van der Waals surface area (Å²) in [5, 5.41) is 0.628. The minimum absolute atomic E-state index is 0.201. The summed E-state index contributed by atoms with van der Waals surface area (Å²) in [6.45, 7) is 0.302. The third kappa shape index (κ3) is 3.46. The molecule has 1 amide bonds. The van der Waals surface area contributed by atoms with Crippen LogP contribution in [0.15, 0.2) is 72.5 Å². The molecule has 1 fully saturated rings. The summed E-state index contributed by atoms with van der Waals surface area (Å²) in [6.07, 6.45) is 7.63. The topological polar surface area (TPSA) is 38.8 Å². The quantitative estimate of drug-likeness (QED) is 0.700. The third-order valence-corrected chi connectivity index (χ3v) is 4.70. The summed E-state index contributed by atoms with van der Waals surface area (Å²) in [6, 6.07) is 14.8. The van der Waals surface area contributed by atoms with E-state index in [4.69, 9.17) is 21.1 Å². The molecule has 1 atom stereocenters. The second kappa shape index (κ2) is 7.26. The number of carbonyl (C=O) groups excluding carboxylic acids is 1. The maximum atomic E-state index is 12.3. The molecule has 0 bridgehead atoms. The second-order valence-corrected chi connectivity index (χ2v) is 6.65. The molecule has 26 heavy (non-hydrogen) atoms. The van der Waals surface area contributed by atoms with Crippen LogP contribution in [0.1, 0.15) is 24.4 Å². The van der Waals surface area contributed by atoms with E-state index in [1.807, 2.05) is 48.6 Å². The Balaban J connectivity index is 1.60. The van der Waals surface area contributed by atoms with E-state index in [2.05, 4.69) is 6.08 Å². The Morgan fingerprint density at radius 2 is 2.00 bits per heavy atom. The van der Waals surface area contributed by atoms with Crippen molar-refractivity contribution in [3.63, 3.8) is 0 Å². The third-order valence-electron chi connectivity index (χ3n) is 4.45. The zero-order chi connectivity index (χ0) is 17.9. The summed E-state index contributed by atoms with van der Waals surface area (Å²) in [5.74, 6) is 1.71. The van der Waals surface area contributed by atoms with Crippen LogP contribution in [0.5, 0.6) is 5.75 Å². The fourth-order valence-electron chi connectivity index (χ4n) is 3.16. The average Bonchev–Trinajstić information content (AvgIpc) is 3.05. The highest BCUT2D eigenvalue weighted by Crippen LogP contribution is 2.35. The van der Waals surface area contributed by atoms with Gasteiger partial charge in [-0.1, -0.05) is 35.9 Å². The molecule has 5 heteroatoms. The van der Waals surface area contributed by atoms with E-state index in [0.29, 0.717) is 11.6 Å². The highest BCUT2D eigenvalue weighted by atomic mass is 35.5. The summed E-state index contributed by atoms with van der Waals surface area (Å²) in [4.78, 5) is 13.9. The van der Waals surface area contributed by atoms with E-state index in [1.165, 1.54) is 0 Å². The van der Waals surface area contributed by atoms with Crippen LogP contribution < -0.4 is 9.64 Å². The van der Waals surface area contributed by atoms with E-state index >= 15 is 0 Å². The number of benzene rings is 2. The molecule has 2 aromatic carbocycles. The van der Waals surface area contributed by atoms with Gasteiger partial charge >= 0.3 is 6.09 Å². The molecule has 4 nitrogen and oxygen atoms in total. The van der Waals surface area contributed by atoms with Crippen molar-refractivity contribution in [2.45, 2.75) is 18.9 Å². The lowest BCUT2D eigenvalue weighted by atomic mass is 10.1. The number of carbonyl (C=O) groups is 1. The first-order valence-corrected chi connectivity index (χ1v) is 8.93. The van der Waals surface area contributed by atoms with Crippen LogP contribution >= 0.6 is 11.6 Å². The number of anilines is 1. The molecule has 0 spiro atoms. The predicted molar refractivity (Wildman–Crippen MR) is 102 cm³/mol. The van der Waals surface area contributed by atoms with Crippen molar-refractivity contribution in [3.8, 4) is 5.75 Å². The monoisotopic (exact) mass is 367 g/mol. The van der Waals surface area contributed by atoms with Gasteiger partial charge in [0, 0.05) is 17.1 Å². The molecule has 0 unspecified atom stereocenters. The summed E-state index contributed by atoms with van der Waals surface area (Å²) >= 11 is 5.96. The van der Waals surface area contributed by atoms with Crippen molar-refractivity contribution in [2.75, 3.05) is 11.5 Å². The van der Waals surface area contributed by atoms with E-state index in [1.54, 1.807) is 17.0 Å². The van der Waals surface area contributed by atoms with Crippen LogP contribution in [0.3, 0.4) is 0 Å². The Bertz CT molecular complexity index is 873. The lowest BCUT2D eigenvalue weighted by Gasteiger charge is -2.22. The number of hydrogen-bond acceptors (Lipinski definition) is 3. The Morgan fingerprint density at radius 1 is 1.15 bits per heavy atom. The van der Waals surface area contributed by atoms with Crippen LogP contribution in [0.2, 0.25) is 5.02 Å². The Morgan fingerprint density at radius 3 is 2.77 bits per heavy atom. The molecule has 132 valence electrons. The number of rotatable bonds is 4. The first-order valence-electron chi connectivity index (χ1n) is 8.56. The van der Waals surface area contributed by atoms with Gasteiger partial charge in [-0.15, -0.1) is 0 Å². The second-order valence-electron chi connectivity index (χ2n) is 6.21. The van der Waals surface area contributed by atoms with E-state index in [9.17, 15) is 4.79 Å². The first kappa shape index (κ1) is 16.7. The van der Waals surface area contributed by atoms with Crippen molar-refractivity contribution in [2.24, 2.45) is 0 Å². The summed E-state index contributed by atoms with van der Waals surface area (Å²) < 4.78 is 11.3. The number of ether oxygens (including phenoxy) is 2. The lowest BCUT2D eigenvalue weighted by molar-refractivity contribution is 0.179. The summed E-state index contributed by atoms with van der Waals surface area (Å²) in [5.41, 5.74) is 1.73. The number of allylic oxidation sites excluding steroid dienone is 4. The Kier molecular flexibility index (Phi) is 4.67. The number of nitrogens with zero attached hydrogens (tertiary/aromatic N) is 1. The van der Waals surface area contributed by atoms with Gasteiger partial charge in [-0.05, 0) is 54.5 Å². The molecule has 2 aromatic rings. The fraction of sp³-hybridized carbons (Fsp3) is 0.190. The van der Waals surface area contributed by atoms with Gasteiger partial charge in [0.1, 0.15) is 18.1 Å². The van der Waals surface area contributed by atoms with Gasteiger partial charge in [-0.2, -0.15) is 0 Å². The van der Waals surface area contributed by atoms with Crippen LogP contribution in [-0.2, 0) is 4.74 Å². The molecular weight excluding hydrogens is 350 g/mol. The van der Waals surface area contributed by atoms with Crippen molar-refractivity contribution in [1.82, 2.24) is 0 Å². The van der Waals surface area contributed by atoms with E-state index in [-0.39, 0.29) is 12.1 Å². The van der Waals surface area contributed by atoms with Gasteiger partial charge in [0.15, 0.2) is 0 Å². The molecular formula is C21H18ClNO3. The van der Waals surface area contributed by atoms with Gasteiger partial charge in [0.05, 0.1) is 6.04 Å². The normalized spacial score (nSPS) is 19.3. The Hall–Kier alpha value is -2.72. The molecule has 0 aromatic heterocycles. The lowest BCUT2D eigenvalue weighted by Crippen LogP contribution is -2.27. The van der Waals surface area contributed by atoms with Gasteiger partial charge in [-0.25, -0.2) is 4.79 Å². The van der Waals surface area contributed by atoms with Crippen LogP contribution in [0.25, 0.3) is 0 Å². The van der Waals surface area contributed by atoms with E-state index in [0.717, 1.165) is 35.6 Å². The maximum absolute atomic E-state index is 12.3. The smallest absolute Gasteiger partial charge is 0.415 e. The maximum Gasteiger partial charge on any atom is 0.415 e. The molecule has 0 N–H and O–H groups in total. The van der Waals surface area contributed by atoms with Crippen molar-refractivity contribution < 1.29 is 14.3 Å². The van der Waals surface area contributed by atoms with Crippen molar-refractivity contribution in [3.05, 3.63) is 83.1 Å². The number of halogens is 1. The molecule has 0 saturated carbocycles. The van der Waals surface area contributed by atoms with E-state index < -0.39 is 0 Å². The fourth-order valence-corrected chi connectivity index (χ4v) is 3.28. The molecule has 1 heterocycles.